The van der Waals surface area contributed by atoms with Crippen molar-refractivity contribution in [3.8, 4) is 0 Å². The van der Waals surface area contributed by atoms with Crippen molar-refractivity contribution in [1.82, 2.24) is 30.6 Å². The highest BCUT2D eigenvalue weighted by Crippen LogP contribution is 2.10. The lowest BCUT2D eigenvalue weighted by Gasteiger charge is -1.95. The van der Waals surface area contributed by atoms with Crippen LogP contribution in [0.2, 0.25) is 0 Å². The minimum Gasteiger partial charge on any atom is -0.285 e. The van der Waals surface area contributed by atoms with Gasteiger partial charge in [-0.05, 0) is 35.4 Å². The molecule has 3 rings (SSSR count). The van der Waals surface area contributed by atoms with Crippen LogP contribution < -0.4 is 0 Å². The smallest absolute Gasteiger partial charge is 0.0521 e. The molecule has 0 radical (unpaired) electrons. The van der Waals surface area contributed by atoms with Crippen molar-refractivity contribution in [2.45, 2.75) is 74.1 Å². The molecule has 0 atom stereocenters. The summed E-state index contributed by atoms with van der Waals surface area (Å²) in [6.45, 7) is 12.8. The molecule has 3 aromatic heterocycles. The molecule has 3 heterocycles. The van der Waals surface area contributed by atoms with Gasteiger partial charge in [-0.15, -0.1) is 0 Å². The molecule has 3 N–H and O–H groups in total. The number of rotatable bonds is 3. The minimum absolute atomic E-state index is 0. The van der Waals surface area contributed by atoms with Crippen LogP contribution in [-0.2, 0) is 0 Å². The standard InChI is InChI=1S/3C6H10N2.2CH4/c1-5(2)6-3-7-8-4-6;2*1-5(2)6-3-4-7-8-6;;/h3*3-5H,1-2H3,(H,7,8);2*1H4. The lowest BCUT2D eigenvalue weighted by molar-refractivity contribution is 0.810. The van der Waals surface area contributed by atoms with Crippen molar-refractivity contribution in [2.75, 3.05) is 0 Å². The molecule has 0 aliphatic carbocycles. The van der Waals surface area contributed by atoms with E-state index >= 15 is 0 Å². The average Bonchev–Trinajstić information content (AvgIpc) is 3.29. The van der Waals surface area contributed by atoms with Crippen molar-refractivity contribution >= 4 is 0 Å². The minimum atomic E-state index is 0. The quantitative estimate of drug-likeness (QED) is 0.544. The van der Waals surface area contributed by atoms with Crippen molar-refractivity contribution in [1.29, 1.82) is 0 Å². The number of nitrogens with one attached hydrogen (secondary N) is 3. The third kappa shape index (κ3) is 9.81. The Bertz CT molecular complexity index is 516. The Morgan fingerprint density at radius 3 is 1.31 bits per heavy atom. The van der Waals surface area contributed by atoms with E-state index in [1.165, 1.54) is 17.0 Å². The average molecular weight is 363 g/mol. The zero-order valence-corrected chi connectivity index (χ0v) is 15.5. The van der Waals surface area contributed by atoms with Crippen molar-refractivity contribution in [2.24, 2.45) is 0 Å². The van der Waals surface area contributed by atoms with E-state index in [2.05, 4.69) is 72.1 Å². The normalized spacial score (nSPS) is 9.58. The molecule has 0 saturated carbocycles. The zero-order chi connectivity index (χ0) is 17.9. The molecule has 0 aliphatic rings. The third-order valence-corrected chi connectivity index (χ3v) is 3.47. The fourth-order valence-corrected chi connectivity index (χ4v) is 1.75. The molecule has 6 nitrogen and oxygen atoms in total. The van der Waals surface area contributed by atoms with Gasteiger partial charge in [0, 0.05) is 30.0 Å². The highest BCUT2D eigenvalue weighted by molar-refractivity contribution is 5.07. The molecule has 148 valence electrons. The van der Waals surface area contributed by atoms with Crippen LogP contribution in [0.3, 0.4) is 0 Å². The molecule has 26 heavy (non-hydrogen) atoms. The number of hydrogen-bond acceptors (Lipinski definition) is 3. The summed E-state index contributed by atoms with van der Waals surface area (Å²) < 4.78 is 0. The summed E-state index contributed by atoms with van der Waals surface area (Å²) in [5, 5.41) is 20.0. The van der Waals surface area contributed by atoms with Crippen LogP contribution in [0.1, 0.15) is 91.1 Å². The fraction of sp³-hybridized carbons (Fsp3) is 0.550. The van der Waals surface area contributed by atoms with Gasteiger partial charge in [-0.2, -0.15) is 15.3 Å². The van der Waals surface area contributed by atoms with E-state index in [0.717, 1.165) is 0 Å². The van der Waals surface area contributed by atoms with E-state index in [4.69, 9.17) is 0 Å². The van der Waals surface area contributed by atoms with Gasteiger partial charge in [0.15, 0.2) is 0 Å². The Balaban J connectivity index is 0. The van der Waals surface area contributed by atoms with Gasteiger partial charge in [-0.1, -0.05) is 56.4 Å². The Morgan fingerprint density at radius 1 is 0.692 bits per heavy atom. The second kappa shape index (κ2) is 13.9. The van der Waals surface area contributed by atoms with E-state index in [1.54, 1.807) is 12.4 Å². The highest BCUT2D eigenvalue weighted by atomic mass is 15.1. The van der Waals surface area contributed by atoms with E-state index < -0.39 is 0 Å². The maximum Gasteiger partial charge on any atom is 0.0521 e. The first-order chi connectivity index (χ1) is 11.4. The summed E-state index contributed by atoms with van der Waals surface area (Å²) in [5.41, 5.74) is 3.67. The highest BCUT2D eigenvalue weighted by Gasteiger charge is 1.97. The van der Waals surface area contributed by atoms with Crippen molar-refractivity contribution in [3.05, 3.63) is 53.9 Å². The molecule has 0 aliphatic heterocycles. The molecule has 6 heteroatoms. The number of hydrogen-bond donors (Lipinski definition) is 3. The van der Waals surface area contributed by atoms with Crippen LogP contribution in [0.4, 0.5) is 0 Å². The second-order valence-electron chi connectivity index (χ2n) is 6.52. The Hall–Kier alpha value is -2.37. The van der Waals surface area contributed by atoms with Crippen molar-refractivity contribution < 1.29 is 0 Å². The Kier molecular flexibility index (Phi) is 13.8. The molecule has 0 saturated heterocycles. The summed E-state index contributed by atoms with van der Waals surface area (Å²) in [4.78, 5) is 0. The predicted molar refractivity (Wildman–Crippen MR) is 111 cm³/mol. The second-order valence-corrected chi connectivity index (χ2v) is 6.52. The van der Waals surface area contributed by atoms with Gasteiger partial charge in [-0.3, -0.25) is 15.3 Å². The summed E-state index contributed by atoms with van der Waals surface area (Å²) in [5.74, 6) is 1.73. The van der Waals surface area contributed by atoms with Gasteiger partial charge >= 0.3 is 0 Å². The molecule has 0 amide bonds. The lowest BCUT2D eigenvalue weighted by Crippen LogP contribution is -1.85. The van der Waals surface area contributed by atoms with Gasteiger partial charge in [0.2, 0.25) is 0 Å². The van der Waals surface area contributed by atoms with E-state index in [-0.39, 0.29) is 14.9 Å². The Labute approximate surface area is 159 Å². The number of aromatic nitrogens is 6. The van der Waals surface area contributed by atoms with Crippen LogP contribution in [0, 0.1) is 0 Å². The molecule has 3 aromatic rings. The first-order valence-corrected chi connectivity index (χ1v) is 8.39. The van der Waals surface area contributed by atoms with E-state index in [0.29, 0.717) is 17.8 Å². The number of nitrogens with zero attached hydrogens (tertiary/aromatic N) is 3. The number of aromatic amines is 3. The number of H-pyrrole nitrogens is 3. The van der Waals surface area contributed by atoms with Crippen LogP contribution in [-0.4, -0.2) is 30.6 Å². The van der Waals surface area contributed by atoms with Gasteiger partial charge < -0.3 is 0 Å². The largest absolute Gasteiger partial charge is 0.285 e. The summed E-state index contributed by atoms with van der Waals surface area (Å²) in [7, 11) is 0. The van der Waals surface area contributed by atoms with E-state index in [9.17, 15) is 0 Å². The monoisotopic (exact) mass is 362 g/mol. The summed E-state index contributed by atoms with van der Waals surface area (Å²) in [6, 6.07) is 3.98. The first-order valence-electron chi connectivity index (χ1n) is 8.39. The molecule has 0 unspecified atom stereocenters. The molecule has 0 bridgehead atoms. The first kappa shape index (κ1) is 25.9. The molecule has 0 aromatic carbocycles. The maximum absolute atomic E-state index is 3.82. The molecule has 0 spiro atoms. The lowest BCUT2D eigenvalue weighted by atomic mass is 10.1. The van der Waals surface area contributed by atoms with Gasteiger partial charge in [0.25, 0.3) is 0 Å². The van der Waals surface area contributed by atoms with Crippen molar-refractivity contribution in [3.63, 3.8) is 0 Å². The maximum atomic E-state index is 3.82. The topological polar surface area (TPSA) is 86.0 Å². The molecular weight excluding hydrogens is 324 g/mol. The van der Waals surface area contributed by atoms with Gasteiger partial charge in [0.05, 0.1) is 6.20 Å². The molecule has 0 fully saturated rings. The van der Waals surface area contributed by atoms with E-state index in [1.807, 2.05) is 24.5 Å². The fourth-order valence-electron chi connectivity index (χ4n) is 1.75. The SMILES string of the molecule is C.C.CC(C)c1ccn[nH]1.CC(C)c1ccn[nH]1.CC(C)c1cn[nH]c1. The Morgan fingerprint density at radius 2 is 1.15 bits per heavy atom. The van der Waals surface area contributed by atoms with Crippen LogP contribution in [0.5, 0.6) is 0 Å². The zero-order valence-electron chi connectivity index (χ0n) is 15.5. The van der Waals surface area contributed by atoms with Crippen LogP contribution in [0.25, 0.3) is 0 Å². The van der Waals surface area contributed by atoms with Gasteiger partial charge in [-0.25, -0.2) is 0 Å². The predicted octanol–water partition coefficient (Wildman–Crippen LogP) is 5.87. The van der Waals surface area contributed by atoms with Crippen LogP contribution in [0.15, 0.2) is 36.9 Å². The summed E-state index contributed by atoms with van der Waals surface area (Å²) in [6.07, 6.45) is 7.32. The third-order valence-electron chi connectivity index (χ3n) is 3.47. The summed E-state index contributed by atoms with van der Waals surface area (Å²) >= 11 is 0. The van der Waals surface area contributed by atoms with Gasteiger partial charge in [0.1, 0.15) is 0 Å². The molecular formula is C20H38N6. The van der Waals surface area contributed by atoms with Crippen LogP contribution >= 0.6 is 0 Å².